The number of hydrogen-bond acceptors (Lipinski definition) is 5. The Morgan fingerprint density at radius 2 is 1.31 bits per heavy atom. The fraction of sp³-hybridized carbons (Fsp3) is 0.462. The summed E-state index contributed by atoms with van der Waals surface area (Å²) in [4.78, 5) is 27.1. The molecule has 0 amide bonds. The van der Waals surface area contributed by atoms with Crippen LogP contribution >= 0.6 is 0 Å². The van der Waals surface area contributed by atoms with E-state index in [1.165, 1.54) is 40.4 Å². The first kappa shape index (κ1) is 24.3. The number of carbonyl (C=O) groups is 2. The van der Waals surface area contributed by atoms with Gasteiger partial charge in [-0.25, -0.2) is 0 Å². The van der Waals surface area contributed by atoms with Crippen LogP contribution in [0.4, 0.5) is 0 Å². The Morgan fingerprint density at radius 1 is 0.812 bits per heavy atom. The van der Waals surface area contributed by atoms with Crippen LogP contribution in [-0.4, -0.2) is 61.2 Å². The first-order valence-corrected chi connectivity index (χ1v) is 13.1. The summed E-state index contributed by atoms with van der Waals surface area (Å²) in [5, 5.41) is 0. The standard InChI is InChI=1S/C26H34NO4S/c1-3-30-25(28)19-27(20-26(29)31-4-2)16-15-21-7-9-22(10-8-21)23-11-13-24(14-12-23)32-17-5-6-18-32/h7-14H,3-6,15-20H2,1-2H3/q+1. The molecule has 2 aromatic carbocycles. The molecule has 0 aliphatic carbocycles. The quantitative estimate of drug-likeness (QED) is 0.376. The van der Waals surface area contributed by atoms with Crippen LogP contribution in [0.3, 0.4) is 0 Å². The van der Waals surface area contributed by atoms with Gasteiger partial charge in [0, 0.05) is 17.4 Å². The van der Waals surface area contributed by atoms with Crippen molar-refractivity contribution < 1.29 is 19.1 Å². The lowest BCUT2D eigenvalue weighted by molar-refractivity contribution is -0.148. The number of hydrogen-bond donors (Lipinski definition) is 0. The zero-order valence-electron chi connectivity index (χ0n) is 19.2. The topological polar surface area (TPSA) is 55.8 Å². The number of ether oxygens (including phenoxy) is 2. The number of benzene rings is 2. The summed E-state index contributed by atoms with van der Waals surface area (Å²) in [6, 6.07) is 17.6. The van der Waals surface area contributed by atoms with Gasteiger partial charge in [-0.05, 0) is 74.1 Å². The predicted molar refractivity (Wildman–Crippen MR) is 130 cm³/mol. The molecule has 2 aromatic rings. The molecule has 0 atom stereocenters. The van der Waals surface area contributed by atoms with E-state index in [0.29, 0.717) is 30.7 Å². The van der Waals surface area contributed by atoms with Gasteiger partial charge in [0.15, 0.2) is 4.90 Å². The van der Waals surface area contributed by atoms with Gasteiger partial charge >= 0.3 is 11.9 Å². The van der Waals surface area contributed by atoms with Crippen molar-refractivity contribution in [3.63, 3.8) is 0 Å². The van der Waals surface area contributed by atoms with Crippen LogP contribution in [0.5, 0.6) is 0 Å². The van der Waals surface area contributed by atoms with Gasteiger partial charge < -0.3 is 9.47 Å². The maximum Gasteiger partial charge on any atom is 0.320 e. The Kier molecular flexibility index (Phi) is 9.62. The molecule has 5 nitrogen and oxygen atoms in total. The molecule has 32 heavy (non-hydrogen) atoms. The summed E-state index contributed by atoms with van der Waals surface area (Å²) < 4.78 is 10.1. The average Bonchev–Trinajstić information content (AvgIpc) is 3.33. The predicted octanol–water partition coefficient (Wildman–Crippen LogP) is 4.10. The Morgan fingerprint density at radius 3 is 1.81 bits per heavy atom. The molecule has 3 rings (SSSR count). The van der Waals surface area contributed by atoms with Gasteiger partial charge in [0.1, 0.15) is 11.5 Å². The van der Waals surface area contributed by atoms with Gasteiger partial charge in [-0.15, -0.1) is 0 Å². The van der Waals surface area contributed by atoms with Gasteiger partial charge in [-0.1, -0.05) is 24.3 Å². The molecular weight excluding hydrogens is 422 g/mol. The highest BCUT2D eigenvalue weighted by molar-refractivity contribution is 7.97. The summed E-state index contributed by atoms with van der Waals surface area (Å²) in [7, 11) is 0.451. The second-order valence-corrected chi connectivity index (χ2v) is 10.2. The maximum absolute atomic E-state index is 11.9. The first-order valence-electron chi connectivity index (χ1n) is 11.5. The third-order valence-electron chi connectivity index (χ3n) is 5.54. The van der Waals surface area contributed by atoms with E-state index >= 15 is 0 Å². The molecule has 1 aliphatic heterocycles. The van der Waals surface area contributed by atoms with Gasteiger partial charge in [-0.2, -0.15) is 0 Å². The second-order valence-electron chi connectivity index (χ2n) is 7.90. The lowest BCUT2D eigenvalue weighted by atomic mass is 10.0. The number of carbonyl (C=O) groups excluding carboxylic acids is 2. The Balaban J connectivity index is 1.57. The van der Waals surface area contributed by atoms with Crippen molar-refractivity contribution in [3.8, 4) is 11.1 Å². The van der Waals surface area contributed by atoms with Crippen molar-refractivity contribution in [1.82, 2.24) is 4.90 Å². The zero-order chi connectivity index (χ0) is 22.8. The Labute approximate surface area is 194 Å². The van der Waals surface area contributed by atoms with Crippen LogP contribution in [0.25, 0.3) is 11.1 Å². The summed E-state index contributed by atoms with van der Waals surface area (Å²) in [5.74, 6) is 2.04. The molecular formula is C26H34NO4S+. The molecule has 0 unspecified atom stereocenters. The summed E-state index contributed by atoms with van der Waals surface area (Å²) in [6.45, 7) is 4.95. The van der Waals surface area contributed by atoms with Crippen LogP contribution in [0.15, 0.2) is 53.4 Å². The average molecular weight is 457 g/mol. The maximum atomic E-state index is 11.9. The minimum Gasteiger partial charge on any atom is -0.465 e. The lowest BCUT2D eigenvalue weighted by Gasteiger charge is -2.20. The van der Waals surface area contributed by atoms with E-state index in [0.717, 1.165) is 12.0 Å². The van der Waals surface area contributed by atoms with Gasteiger partial charge in [0.25, 0.3) is 0 Å². The summed E-state index contributed by atoms with van der Waals surface area (Å²) in [5.41, 5.74) is 3.59. The summed E-state index contributed by atoms with van der Waals surface area (Å²) in [6.07, 6.45) is 3.47. The second kappa shape index (κ2) is 12.7. The molecule has 0 N–H and O–H groups in total. The van der Waals surface area contributed by atoms with Crippen molar-refractivity contribution in [2.45, 2.75) is 38.0 Å². The van der Waals surface area contributed by atoms with Crippen LogP contribution in [0, 0.1) is 0 Å². The number of nitrogens with zero attached hydrogens (tertiary/aromatic N) is 1. The molecule has 172 valence electrons. The van der Waals surface area contributed by atoms with E-state index in [-0.39, 0.29) is 25.0 Å². The van der Waals surface area contributed by atoms with Crippen molar-refractivity contribution >= 4 is 22.8 Å². The van der Waals surface area contributed by atoms with E-state index in [1.54, 1.807) is 18.7 Å². The van der Waals surface area contributed by atoms with E-state index in [9.17, 15) is 9.59 Å². The molecule has 0 saturated carbocycles. The van der Waals surface area contributed by atoms with Crippen molar-refractivity contribution in [2.24, 2.45) is 0 Å². The van der Waals surface area contributed by atoms with Gasteiger partial charge in [0.2, 0.25) is 0 Å². The van der Waals surface area contributed by atoms with E-state index in [4.69, 9.17) is 9.47 Å². The number of rotatable bonds is 11. The Bertz CT molecular complexity index is 840. The molecule has 0 bridgehead atoms. The van der Waals surface area contributed by atoms with Crippen LogP contribution < -0.4 is 0 Å². The van der Waals surface area contributed by atoms with E-state index in [1.807, 2.05) is 0 Å². The molecule has 6 heteroatoms. The normalized spacial score (nSPS) is 14.0. The van der Waals surface area contributed by atoms with E-state index < -0.39 is 0 Å². The number of esters is 2. The van der Waals surface area contributed by atoms with Crippen LogP contribution in [-0.2, 0) is 36.4 Å². The van der Waals surface area contributed by atoms with Crippen molar-refractivity contribution in [1.29, 1.82) is 0 Å². The highest BCUT2D eigenvalue weighted by atomic mass is 32.2. The Hall–Kier alpha value is -2.31. The van der Waals surface area contributed by atoms with Gasteiger partial charge in [0.05, 0.1) is 26.3 Å². The van der Waals surface area contributed by atoms with Crippen molar-refractivity contribution in [3.05, 3.63) is 54.1 Å². The molecule has 0 aromatic heterocycles. The fourth-order valence-corrected chi connectivity index (χ4v) is 6.18. The largest absolute Gasteiger partial charge is 0.465 e. The van der Waals surface area contributed by atoms with E-state index in [2.05, 4.69) is 48.5 Å². The lowest BCUT2D eigenvalue weighted by Crippen LogP contribution is -2.37. The third-order valence-corrected chi connectivity index (χ3v) is 8.04. The molecule has 0 spiro atoms. The molecule has 0 radical (unpaired) electrons. The molecule has 1 heterocycles. The third kappa shape index (κ3) is 7.38. The monoisotopic (exact) mass is 456 g/mol. The van der Waals surface area contributed by atoms with Crippen LogP contribution in [0.2, 0.25) is 0 Å². The smallest absolute Gasteiger partial charge is 0.320 e. The first-order chi connectivity index (χ1) is 15.6. The highest BCUT2D eigenvalue weighted by Crippen LogP contribution is 2.26. The SMILES string of the molecule is CCOC(=O)CN(CCc1ccc(-c2ccc([S+]3CCCC3)cc2)cc1)CC(=O)OCC. The molecule has 1 aliphatic rings. The molecule has 1 saturated heterocycles. The zero-order valence-corrected chi connectivity index (χ0v) is 20.0. The molecule has 1 fully saturated rings. The minimum atomic E-state index is -0.325. The summed E-state index contributed by atoms with van der Waals surface area (Å²) >= 11 is 0. The van der Waals surface area contributed by atoms with Crippen LogP contribution in [0.1, 0.15) is 32.3 Å². The fourth-order valence-electron chi connectivity index (χ4n) is 3.87. The van der Waals surface area contributed by atoms with Gasteiger partial charge in [-0.3, -0.25) is 14.5 Å². The van der Waals surface area contributed by atoms with Crippen molar-refractivity contribution in [2.75, 3.05) is 44.4 Å². The highest BCUT2D eigenvalue weighted by Gasteiger charge is 2.26. The minimum absolute atomic E-state index is 0.0821.